The van der Waals surface area contributed by atoms with Crippen LogP contribution in [-0.4, -0.2) is 0 Å². The van der Waals surface area contributed by atoms with Crippen molar-refractivity contribution in [2.24, 2.45) is 0 Å². The molecule has 1 nitrogen and oxygen atoms in total. The average molecular weight is 476 g/mol. The highest BCUT2D eigenvalue weighted by Gasteiger charge is 2.13. The van der Waals surface area contributed by atoms with E-state index in [1.165, 1.54) is 33.4 Å². The van der Waals surface area contributed by atoms with E-state index < -0.39 is 0 Å². The summed E-state index contributed by atoms with van der Waals surface area (Å²) in [5, 5.41) is 3.76. The van der Waals surface area contributed by atoms with Crippen LogP contribution in [-0.2, 0) is 0 Å². The van der Waals surface area contributed by atoms with Crippen molar-refractivity contribution in [2.45, 2.75) is 0 Å². The van der Waals surface area contributed by atoms with Crippen molar-refractivity contribution in [3.05, 3.63) is 132 Å². The maximum absolute atomic E-state index is 3.76. The first-order chi connectivity index (χ1) is 15.8. The molecule has 0 spiro atoms. The molecule has 0 aromatic heterocycles. The van der Waals surface area contributed by atoms with Crippen molar-refractivity contribution in [3.63, 3.8) is 0 Å². The molecule has 5 aromatic rings. The standard InChI is InChI=1S/C30H22BrN/c31-26-19-25(22-11-4-1-5-12-22)20-27(21-26)32-30-28(23-13-6-2-7-14-23)17-10-18-29(30)24-15-8-3-9-16-24/h1-21,32H. The van der Waals surface area contributed by atoms with Gasteiger partial charge in [-0.3, -0.25) is 0 Å². The highest BCUT2D eigenvalue weighted by molar-refractivity contribution is 9.10. The minimum absolute atomic E-state index is 1.04. The lowest BCUT2D eigenvalue weighted by molar-refractivity contribution is 1.50. The molecule has 2 heteroatoms. The average Bonchev–Trinajstić information content (AvgIpc) is 2.85. The zero-order valence-electron chi connectivity index (χ0n) is 17.5. The number of halogens is 1. The molecule has 0 atom stereocenters. The normalized spacial score (nSPS) is 10.7. The Bertz CT molecular complexity index is 1270. The van der Waals surface area contributed by atoms with E-state index in [1.807, 2.05) is 6.07 Å². The van der Waals surface area contributed by atoms with E-state index in [-0.39, 0.29) is 0 Å². The Morgan fingerprint density at radius 1 is 0.438 bits per heavy atom. The molecule has 32 heavy (non-hydrogen) atoms. The van der Waals surface area contributed by atoms with Gasteiger partial charge in [-0.05, 0) is 40.5 Å². The fourth-order valence-corrected chi connectivity index (χ4v) is 4.50. The number of rotatable bonds is 5. The minimum atomic E-state index is 1.04. The van der Waals surface area contributed by atoms with Crippen LogP contribution < -0.4 is 5.32 Å². The molecule has 0 saturated carbocycles. The Labute approximate surface area is 197 Å². The Hall–Kier alpha value is -3.62. The number of anilines is 2. The van der Waals surface area contributed by atoms with Gasteiger partial charge >= 0.3 is 0 Å². The summed E-state index contributed by atoms with van der Waals surface area (Å²) in [4.78, 5) is 0. The van der Waals surface area contributed by atoms with Gasteiger partial charge in [-0.15, -0.1) is 0 Å². The third-order valence-corrected chi connectivity index (χ3v) is 5.97. The van der Waals surface area contributed by atoms with Gasteiger partial charge in [0, 0.05) is 21.3 Å². The molecule has 5 rings (SSSR count). The summed E-state index contributed by atoms with van der Waals surface area (Å²) in [5.41, 5.74) is 9.22. The summed E-state index contributed by atoms with van der Waals surface area (Å²) in [6.07, 6.45) is 0. The van der Waals surface area contributed by atoms with Gasteiger partial charge in [-0.1, -0.05) is 125 Å². The molecule has 0 saturated heterocycles. The number of para-hydroxylation sites is 1. The largest absolute Gasteiger partial charge is 0.354 e. The van der Waals surface area contributed by atoms with Crippen LogP contribution in [0.1, 0.15) is 0 Å². The lowest BCUT2D eigenvalue weighted by atomic mass is 9.95. The summed E-state index contributed by atoms with van der Waals surface area (Å²) in [5.74, 6) is 0. The van der Waals surface area contributed by atoms with Gasteiger partial charge in [0.05, 0.1) is 5.69 Å². The Morgan fingerprint density at radius 2 is 0.938 bits per heavy atom. The third-order valence-electron chi connectivity index (χ3n) is 5.51. The van der Waals surface area contributed by atoms with E-state index in [9.17, 15) is 0 Å². The van der Waals surface area contributed by atoms with Gasteiger partial charge < -0.3 is 5.32 Å². The molecule has 0 unspecified atom stereocenters. The lowest BCUT2D eigenvalue weighted by Gasteiger charge is -2.18. The van der Waals surface area contributed by atoms with E-state index in [1.54, 1.807) is 0 Å². The van der Waals surface area contributed by atoms with Gasteiger partial charge in [-0.25, -0.2) is 0 Å². The molecule has 0 amide bonds. The molecular formula is C30H22BrN. The van der Waals surface area contributed by atoms with Crippen LogP contribution in [0, 0.1) is 0 Å². The number of benzene rings is 5. The molecule has 0 bridgehead atoms. The summed E-state index contributed by atoms with van der Waals surface area (Å²) in [6, 6.07) is 44.5. The molecule has 0 radical (unpaired) electrons. The predicted octanol–water partition coefficient (Wildman–Crippen LogP) is 9.19. The van der Waals surface area contributed by atoms with Gasteiger partial charge in [0.25, 0.3) is 0 Å². The number of hydrogen-bond acceptors (Lipinski definition) is 1. The summed E-state index contributed by atoms with van der Waals surface area (Å²) < 4.78 is 1.04. The van der Waals surface area contributed by atoms with Gasteiger partial charge in [0.2, 0.25) is 0 Å². The van der Waals surface area contributed by atoms with Crippen LogP contribution in [0.15, 0.2) is 132 Å². The van der Waals surface area contributed by atoms with E-state index in [4.69, 9.17) is 0 Å². The SMILES string of the molecule is Brc1cc(Nc2c(-c3ccccc3)cccc2-c2ccccc2)cc(-c2ccccc2)c1. The first kappa shape index (κ1) is 20.3. The maximum Gasteiger partial charge on any atom is 0.0543 e. The van der Waals surface area contributed by atoms with E-state index in [2.05, 4.69) is 143 Å². The monoisotopic (exact) mass is 475 g/mol. The quantitative estimate of drug-likeness (QED) is 0.267. The molecule has 0 aliphatic carbocycles. The first-order valence-electron chi connectivity index (χ1n) is 10.6. The van der Waals surface area contributed by atoms with Crippen LogP contribution in [0.3, 0.4) is 0 Å². The van der Waals surface area contributed by atoms with Crippen molar-refractivity contribution in [2.75, 3.05) is 5.32 Å². The molecule has 5 aromatic carbocycles. The topological polar surface area (TPSA) is 12.0 Å². The van der Waals surface area contributed by atoms with Crippen molar-refractivity contribution < 1.29 is 0 Å². The van der Waals surface area contributed by atoms with Crippen LogP contribution in [0.5, 0.6) is 0 Å². The van der Waals surface area contributed by atoms with Crippen molar-refractivity contribution >= 4 is 27.3 Å². The molecule has 0 aliphatic rings. The second kappa shape index (κ2) is 9.25. The maximum atomic E-state index is 3.76. The van der Waals surface area contributed by atoms with Gasteiger partial charge in [0.1, 0.15) is 0 Å². The van der Waals surface area contributed by atoms with Gasteiger partial charge in [-0.2, -0.15) is 0 Å². The Morgan fingerprint density at radius 3 is 1.47 bits per heavy atom. The van der Waals surface area contributed by atoms with Crippen molar-refractivity contribution in [1.82, 2.24) is 0 Å². The minimum Gasteiger partial charge on any atom is -0.354 e. The van der Waals surface area contributed by atoms with Gasteiger partial charge in [0.15, 0.2) is 0 Å². The Kier molecular flexibility index (Phi) is 5.87. The molecule has 154 valence electrons. The highest BCUT2D eigenvalue weighted by atomic mass is 79.9. The van der Waals surface area contributed by atoms with Crippen LogP contribution in [0.2, 0.25) is 0 Å². The van der Waals surface area contributed by atoms with E-state index in [0.717, 1.165) is 15.8 Å². The molecule has 0 aliphatic heterocycles. The summed E-state index contributed by atoms with van der Waals surface area (Å²) in [6.45, 7) is 0. The molecular weight excluding hydrogens is 454 g/mol. The first-order valence-corrected chi connectivity index (χ1v) is 11.4. The second-order valence-electron chi connectivity index (χ2n) is 7.68. The lowest BCUT2D eigenvalue weighted by Crippen LogP contribution is -1.97. The third kappa shape index (κ3) is 4.37. The Balaban J connectivity index is 1.65. The smallest absolute Gasteiger partial charge is 0.0543 e. The van der Waals surface area contributed by atoms with Crippen LogP contribution in [0.25, 0.3) is 33.4 Å². The number of nitrogens with one attached hydrogen (secondary N) is 1. The summed E-state index contributed by atoms with van der Waals surface area (Å²) >= 11 is 3.71. The van der Waals surface area contributed by atoms with Crippen LogP contribution >= 0.6 is 15.9 Å². The van der Waals surface area contributed by atoms with E-state index in [0.29, 0.717) is 0 Å². The highest BCUT2D eigenvalue weighted by Crippen LogP contribution is 2.39. The fraction of sp³-hybridized carbons (Fsp3) is 0. The van der Waals surface area contributed by atoms with E-state index >= 15 is 0 Å². The van der Waals surface area contributed by atoms with Crippen molar-refractivity contribution in [1.29, 1.82) is 0 Å². The summed E-state index contributed by atoms with van der Waals surface area (Å²) in [7, 11) is 0. The molecule has 0 heterocycles. The fourth-order valence-electron chi connectivity index (χ4n) is 4.01. The van der Waals surface area contributed by atoms with Crippen LogP contribution in [0.4, 0.5) is 11.4 Å². The van der Waals surface area contributed by atoms with Crippen molar-refractivity contribution in [3.8, 4) is 33.4 Å². The zero-order chi connectivity index (χ0) is 21.8. The zero-order valence-corrected chi connectivity index (χ0v) is 19.1. The number of hydrogen-bond donors (Lipinski definition) is 1. The molecule has 0 fully saturated rings. The second-order valence-corrected chi connectivity index (χ2v) is 8.60. The predicted molar refractivity (Wildman–Crippen MR) is 140 cm³/mol. The molecule has 1 N–H and O–H groups in total.